The fourth-order valence-corrected chi connectivity index (χ4v) is 3.08. The average Bonchev–Trinajstić information content (AvgIpc) is 2.73. The molecule has 0 amide bonds. The van der Waals surface area contributed by atoms with E-state index in [0.717, 1.165) is 17.8 Å². The van der Waals surface area contributed by atoms with Crippen LogP contribution < -0.4 is 4.90 Å². The summed E-state index contributed by atoms with van der Waals surface area (Å²) >= 11 is 0. The zero-order chi connectivity index (χ0) is 14.3. The first-order valence-corrected chi connectivity index (χ1v) is 6.93. The molecule has 1 unspecified atom stereocenters. The van der Waals surface area contributed by atoms with E-state index in [-0.39, 0.29) is 11.9 Å². The van der Waals surface area contributed by atoms with Crippen molar-refractivity contribution < 1.29 is 9.50 Å². The number of aliphatic hydroxyl groups is 1. The maximum atomic E-state index is 14.1. The SMILES string of the molecule is CC1Cc2ccccc2N1c1cccc(F)c1[C@H](C)O. The molecular weight excluding hydrogens is 253 g/mol. The molecule has 3 heteroatoms. The Morgan fingerprint density at radius 3 is 2.60 bits per heavy atom. The third-order valence-corrected chi connectivity index (χ3v) is 3.91. The van der Waals surface area contributed by atoms with Gasteiger partial charge in [0.2, 0.25) is 0 Å². The van der Waals surface area contributed by atoms with Crippen LogP contribution in [0.5, 0.6) is 0 Å². The van der Waals surface area contributed by atoms with Crippen LogP contribution in [-0.2, 0) is 6.42 Å². The van der Waals surface area contributed by atoms with Gasteiger partial charge in [0.1, 0.15) is 5.82 Å². The third-order valence-electron chi connectivity index (χ3n) is 3.91. The predicted octanol–water partition coefficient (Wildman–Crippen LogP) is 3.96. The van der Waals surface area contributed by atoms with Gasteiger partial charge < -0.3 is 10.0 Å². The second-order valence-corrected chi connectivity index (χ2v) is 5.40. The minimum absolute atomic E-state index is 0.256. The van der Waals surface area contributed by atoms with Gasteiger partial charge in [-0.2, -0.15) is 0 Å². The van der Waals surface area contributed by atoms with Crippen LogP contribution in [0.3, 0.4) is 0 Å². The lowest BCUT2D eigenvalue weighted by Crippen LogP contribution is -2.25. The van der Waals surface area contributed by atoms with Crippen molar-refractivity contribution >= 4 is 11.4 Å². The number of nitrogens with zero attached hydrogens (tertiary/aromatic N) is 1. The molecule has 1 aliphatic rings. The van der Waals surface area contributed by atoms with Gasteiger partial charge in [0.25, 0.3) is 0 Å². The van der Waals surface area contributed by atoms with E-state index in [1.54, 1.807) is 13.0 Å². The lowest BCUT2D eigenvalue weighted by Gasteiger charge is -2.28. The van der Waals surface area contributed by atoms with Gasteiger partial charge in [-0.25, -0.2) is 4.39 Å². The summed E-state index contributed by atoms with van der Waals surface area (Å²) in [6.45, 7) is 3.73. The Balaban J connectivity index is 2.17. The van der Waals surface area contributed by atoms with Gasteiger partial charge in [-0.1, -0.05) is 24.3 Å². The fourth-order valence-electron chi connectivity index (χ4n) is 3.08. The molecule has 2 atom stereocenters. The number of hydrogen-bond acceptors (Lipinski definition) is 2. The Morgan fingerprint density at radius 2 is 1.85 bits per heavy atom. The number of benzene rings is 2. The van der Waals surface area contributed by atoms with Crippen LogP contribution in [-0.4, -0.2) is 11.1 Å². The monoisotopic (exact) mass is 271 g/mol. The van der Waals surface area contributed by atoms with Crippen molar-refractivity contribution in [3.05, 3.63) is 59.4 Å². The molecule has 0 saturated heterocycles. The van der Waals surface area contributed by atoms with Gasteiger partial charge in [-0.3, -0.25) is 0 Å². The van der Waals surface area contributed by atoms with E-state index in [2.05, 4.69) is 24.0 Å². The van der Waals surface area contributed by atoms with Crippen molar-refractivity contribution in [3.63, 3.8) is 0 Å². The highest BCUT2D eigenvalue weighted by atomic mass is 19.1. The second kappa shape index (κ2) is 4.91. The molecule has 0 aromatic heterocycles. The summed E-state index contributed by atoms with van der Waals surface area (Å²) in [6, 6.07) is 13.4. The Bertz CT molecular complexity index is 639. The van der Waals surface area contributed by atoms with E-state index < -0.39 is 6.10 Å². The molecule has 104 valence electrons. The van der Waals surface area contributed by atoms with Gasteiger partial charge in [-0.05, 0) is 44.0 Å². The van der Waals surface area contributed by atoms with E-state index in [0.29, 0.717) is 5.56 Å². The Kier molecular flexibility index (Phi) is 3.22. The molecule has 20 heavy (non-hydrogen) atoms. The standard InChI is InChI=1S/C17H18FNO/c1-11-10-13-6-3-4-8-15(13)19(11)16-9-5-7-14(18)17(16)12(2)20/h3-9,11-12,20H,10H2,1-2H3/t11?,12-/m0/s1. The summed E-state index contributed by atoms with van der Waals surface area (Å²) in [7, 11) is 0. The van der Waals surface area contributed by atoms with Crippen molar-refractivity contribution in [2.45, 2.75) is 32.4 Å². The highest BCUT2D eigenvalue weighted by Gasteiger charge is 2.29. The molecule has 0 fully saturated rings. The molecule has 0 saturated carbocycles. The molecule has 2 aromatic carbocycles. The topological polar surface area (TPSA) is 23.5 Å². The van der Waals surface area contributed by atoms with Gasteiger partial charge in [0.15, 0.2) is 0 Å². The molecule has 0 spiro atoms. The van der Waals surface area contributed by atoms with Crippen LogP contribution in [0, 0.1) is 5.82 Å². The highest BCUT2D eigenvalue weighted by molar-refractivity contribution is 5.73. The molecule has 0 radical (unpaired) electrons. The minimum Gasteiger partial charge on any atom is -0.389 e. The summed E-state index contributed by atoms with van der Waals surface area (Å²) in [5.74, 6) is -0.353. The fraction of sp³-hybridized carbons (Fsp3) is 0.294. The lowest BCUT2D eigenvalue weighted by molar-refractivity contribution is 0.194. The van der Waals surface area contributed by atoms with Gasteiger partial charge in [0.05, 0.1) is 11.8 Å². The van der Waals surface area contributed by atoms with Crippen molar-refractivity contribution in [1.82, 2.24) is 0 Å². The minimum atomic E-state index is -0.828. The van der Waals surface area contributed by atoms with Gasteiger partial charge in [0, 0.05) is 17.3 Å². The largest absolute Gasteiger partial charge is 0.389 e. The normalized spacial score (nSPS) is 19.0. The number of fused-ring (bicyclic) bond motifs is 1. The van der Waals surface area contributed by atoms with Crippen LogP contribution >= 0.6 is 0 Å². The summed E-state index contributed by atoms with van der Waals surface area (Å²) in [5.41, 5.74) is 3.50. The quantitative estimate of drug-likeness (QED) is 0.893. The number of para-hydroxylation sites is 1. The first-order valence-electron chi connectivity index (χ1n) is 6.93. The lowest BCUT2D eigenvalue weighted by atomic mass is 10.1. The second-order valence-electron chi connectivity index (χ2n) is 5.40. The van der Waals surface area contributed by atoms with Crippen LogP contribution in [0.4, 0.5) is 15.8 Å². The van der Waals surface area contributed by atoms with Crippen LogP contribution in [0.1, 0.15) is 31.1 Å². The molecule has 0 aliphatic carbocycles. The first kappa shape index (κ1) is 13.1. The summed E-state index contributed by atoms with van der Waals surface area (Å²) in [6.07, 6.45) is 0.109. The number of anilines is 2. The van der Waals surface area contributed by atoms with E-state index >= 15 is 0 Å². The zero-order valence-electron chi connectivity index (χ0n) is 11.7. The molecular formula is C17H18FNO. The number of halogens is 1. The first-order chi connectivity index (χ1) is 9.59. The molecule has 2 aromatic rings. The Hall–Kier alpha value is -1.87. The summed E-state index contributed by atoms with van der Waals surface area (Å²) < 4.78 is 14.1. The number of hydrogen-bond donors (Lipinski definition) is 1. The van der Waals surface area contributed by atoms with Crippen LogP contribution in [0.25, 0.3) is 0 Å². The number of aliphatic hydroxyl groups excluding tert-OH is 1. The number of rotatable bonds is 2. The predicted molar refractivity (Wildman–Crippen MR) is 78.8 cm³/mol. The maximum Gasteiger partial charge on any atom is 0.131 e. The van der Waals surface area contributed by atoms with Crippen molar-refractivity contribution in [2.75, 3.05) is 4.90 Å². The van der Waals surface area contributed by atoms with E-state index in [4.69, 9.17) is 0 Å². The molecule has 2 nitrogen and oxygen atoms in total. The Labute approximate surface area is 118 Å². The highest BCUT2D eigenvalue weighted by Crippen LogP contribution is 2.41. The van der Waals surface area contributed by atoms with Crippen LogP contribution in [0.2, 0.25) is 0 Å². The van der Waals surface area contributed by atoms with Crippen molar-refractivity contribution in [3.8, 4) is 0 Å². The van der Waals surface area contributed by atoms with E-state index in [1.807, 2.05) is 18.2 Å². The smallest absolute Gasteiger partial charge is 0.131 e. The molecule has 1 heterocycles. The Morgan fingerprint density at radius 1 is 1.15 bits per heavy atom. The molecule has 0 bridgehead atoms. The van der Waals surface area contributed by atoms with Crippen molar-refractivity contribution in [2.24, 2.45) is 0 Å². The van der Waals surface area contributed by atoms with Crippen molar-refractivity contribution in [1.29, 1.82) is 0 Å². The third kappa shape index (κ3) is 1.98. The van der Waals surface area contributed by atoms with E-state index in [9.17, 15) is 9.50 Å². The molecule has 1 N–H and O–H groups in total. The van der Waals surface area contributed by atoms with Gasteiger partial charge in [-0.15, -0.1) is 0 Å². The van der Waals surface area contributed by atoms with Gasteiger partial charge >= 0.3 is 0 Å². The van der Waals surface area contributed by atoms with Crippen LogP contribution in [0.15, 0.2) is 42.5 Å². The maximum absolute atomic E-state index is 14.1. The van der Waals surface area contributed by atoms with E-state index in [1.165, 1.54) is 11.6 Å². The summed E-state index contributed by atoms with van der Waals surface area (Å²) in [5, 5.41) is 9.91. The molecule has 1 aliphatic heterocycles. The zero-order valence-corrected chi connectivity index (χ0v) is 11.7. The molecule has 3 rings (SSSR count). The summed E-state index contributed by atoms with van der Waals surface area (Å²) in [4.78, 5) is 2.13. The average molecular weight is 271 g/mol.